The van der Waals surface area contributed by atoms with E-state index in [4.69, 9.17) is 9.41 Å². The Bertz CT molecular complexity index is 779. The highest BCUT2D eigenvalue weighted by Crippen LogP contribution is 2.43. The second-order valence-electron chi connectivity index (χ2n) is 6.08. The number of rotatable bonds is 2. The van der Waals surface area contributed by atoms with Gasteiger partial charge in [-0.15, -0.1) is 0 Å². The fourth-order valence-electron chi connectivity index (χ4n) is 3.95. The van der Waals surface area contributed by atoms with E-state index in [1.807, 2.05) is 19.1 Å². The molecule has 0 saturated heterocycles. The quantitative estimate of drug-likeness (QED) is 0.746. The Morgan fingerprint density at radius 3 is 3.18 bits per heavy atom. The van der Waals surface area contributed by atoms with Crippen molar-refractivity contribution in [2.45, 2.75) is 32.2 Å². The number of fused-ring (bicyclic) bond motifs is 5. The van der Waals surface area contributed by atoms with E-state index in [9.17, 15) is 0 Å². The maximum atomic E-state index is 6.13. The van der Waals surface area contributed by atoms with Crippen molar-refractivity contribution in [1.29, 1.82) is 0 Å². The maximum absolute atomic E-state index is 6.13. The van der Waals surface area contributed by atoms with Gasteiger partial charge >= 0.3 is 0 Å². The average Bonchev–Trinajstić information content (AvgIpc) is 2.97. The first-order valence-electron chi connectivity index (χ1n) is 7.97. The van der Waals surface area contributed by atoms with Gasteiger partial charge in [-0.2, -0.15) is 0 Å². The third-order valence-corrected chi connectivity index (χ3v) is 4.91. The molecule has 1 aliphatic heterocycles. The molecule has 1 aromatic heterocycles. The van der Waals surface area contributed by atoms with Crippen LogP contribution in [0.4, 0.5) is 0 Å². The lowest BCUT2D eigenvalue weighted by molar-refractivity contribution is 0.427. The summed E-state index contributed by atoms with van der Waals surface area (Å²) in [7, 11) is 0. The van der Waals surface area contributed by atoms with Crippen LogP contribution in [-0.2, 0) is 6.42 Å². The van der Waals surface area contributed by atoms with Gasteiger partial charge in [0.25, 0.3) is 0 Å². The van der Waals surface area contributed by atoms with Crippen LogP contribution in [0.15, 0.2) is 34.2 Å². The molecule has 0 aromatic carbocycles. The van der Waals surface area contributed by atoms with Crippen molar-refractivity contribution >= 4 is 17.9 Å². The summed E-state index contributed by atoms with van der Waals surface area (Å²) in [5, 5.41) is 0. The molecule has 22 heavy (non-hydrogen) atoms. The SMILES string of the molecule is C=Cc1oc2c(c1C=CC)CCC1C2=NC2CC#CC=CC21. The van der Waals surface area contributed by atoms with Crippen molar-refractivity contribution in [2.24, 2.45) is 16.8 Å². The van der Waals surface area contributed by atoms with Gasteiger partial charge in [0.2, 0.25) is 0 Å². The molecule has 4 rings (SSSR count). The number of allylic oxidation sites excluding steroid dienone is 2. The molecule has 0 fully saturated rings. The molecular formula is C20H19NO. The Labute approximate surface area is 131 Å². The number of hydrogen-bond donors (Lipinski definition) is 0. The molecular weight excluding hydrogens is 270 g/mol. The fraction of sp³-hybridized carbons (Fsp3) is 0.350. The maximum Gasteiger partial charge on any atom is 0.152 e. The average molecular weight is 289 g/mol. The van der Waals surface area contributed by atoms with Crippen molar-refractivity contribution in [1.82, 2.24) is 0 Å². The van der Waals surface area contributed by atoms with E-state index >= 15 is 0 Å². The zero-order valence-corrected chi connectivity index (χ0v) is 12.8. The smallest absolute Gasteiger partial charge is 0.152 e. The van der Waals surface area contributed by atoms with Gasteiger partial charge in [-0.3, -0.25) is 4.99 Å². The van der Waals surface area contributed by atoms with Crippen LogP contribution in [-0.4, -0.2) is 11.8 Å². The molecule has 0 spiro atoms. The van der Waals surface area contributed by atoms with Gasteiger partial charge in [0, 0.05) is 29.4 Å². The van der Waals surface area contributed by atoms with Crippen LogP contribution < -0.4 is 0 Å². The molecule has 3 atom stereocenters. The normalized spacial score (nSPS) is 28.2. The standard InChI is InChI=1S/C20H19NO/c1-3-8-14-16-12-11-15-13-9-6-5-7-10-17(13)21-19(15)20(16)22-18(14)4-2/h3-4,6,8-9,13,15,17H,2,10-12H2,1H3. The minimum atomic E-state index is 0.291. The van der Waals surface area contributed by atoms with Crippen LogP contribution >= 0.6 is 0 Å². The highest BCUT2D eigenvalue weighted by molar-refractivity contribution is 6.05. The van der Waals surface area contributed by atoms with E-state index < -0.39 is 0 Å². The highest BCUT2D eigenvalue weighted by Gasteiger charge is 2.42. The van der Waals surface area contributed by atoms with Gasteiger partial charge in [0.15, 0.2) is 5.76 Å². The minimum Gasteiger partial charge on any atom is -0.455 e. The topological polar surface area (TPSA) is 25.5 Å². The Balaban J connectivity index is 1.82. The molecule has 1 aromatic rings. The molecule has 0 radical (unpaired) electrons. The number of furan rings is 1. The summed E-state index contributed by atoms with van der Waals surface area (Å²) in [5.41, 5.74) is 3.63. The van der Waals surface area contributed by atoms with Crippen LogP contribution in [0.5, 0.6) is 0 Å². The predicted octanol–water partition coefficient (Wildman–Crippen LogP) is 4.27. The van der Waals surface area contributed by atoms with E-state index in [1.165, 1.54) is 11.1 Å². The molecule has 0 amide bonds. The molecule has 110 valence electrons. The first-order chi connectivity index (χ1) is 10.8. The lowest BCUT2D eigenvalue weighted by Gasteiger charge is -2.24. The van der Waals surface area contributed by atoms with Crippen molar-refractivity contribution < 1.29 is 4.42 Å². The van der Waals surface area contributed by atoms with E-state index in [0.29, 0.717) is 17.9 Å². The third-order valence-electron chi connectivity index (χ3n) is 4.91. The third kappa shape index (κ3) is 1.85. The Morgan fingerprint density at radius 1 is 1.45 bits per heavy atom. The van der Waals surface area contributed by atoms with E-state index in [0.717, 1.165) is 36.5 Å². The van der Waals surface area contributed by atoms with Crippen LogP contribution in [0, 0.1) is 23.7 Å². The highest BCUT2D eigenvalue weighted by atomic mass is 16.3. The molecule has 2 aliphatic carbocycles. The Hall–Kier alpha value is -2.27. The van der Waals surface area contributed by atoms with Gasteiger partial charge in [-0.1, -0.05) is 36.6 Å². The second-order valence-corrected chi connectivity index (χ2v) is 6.08. The van der Waals surface area contributed by atoms with Crippen molar-refractivity contribution in [3.63, 3.8) is 0 Å². The van der Waals surface area contributed by atoms with Crippen molar-refractivity contribution in [3.05, 3.63) is 47.5 Å². The molecule has 2 heterocycles. The minimum absolute atomic E-state index is 0.291. The monoisotopic (exact) mass is 289 g/mol. The van der Waals surface area contributed by atoms with Gasteiger partial charge < -0.3 is 4.42 Å². The van der Waals surface area contributed by atoms with Gasteiger partial charge in [-0.25, -0.2) is 0 Å². The van der Waals surface area contributed by atoms with Crippen LogP contribution in [0.3, 0.4) is 0 Å². The number of hydrogen-bond acceptors (Lipinski definition) is 2. The first kappa shape index (κ1) is 13.4. The summed E-state index contributed by atoms with van der Waals surface area (Å²) < 4.78 is 6.13. The van der Waals surface area contributed by atoms with Gasteiger partial charge in [0.05, 0.1) is 11.8 Å². The van der Waals surface area contributed by atoms with E-state index in [2.05, 4.69) is 36.6 Å². The number of aliphatic imine (C=N–C) groups is 1. The van der Waals surface area contributed by atoms with Crippen molar-refractivity contribution in [2.75, 3.05) is 0 Å². The fourth-order valence-corrected chi connectivity index (χ4v) is 3.95. The summed E-state index contributed by atoms with van der Waals surface area (Å²) in [6, 6.07) is 0.291. The van der Waals surface area contributed by atoms with Crippen molar-refractivity contribution in [3.8, 4) is 11.8 Å². The molecule has 3 aliphatic rings. The molecule has 3 unspecified atom stereocenters. The summed E-state index contributed by atoms with van der Waals surface area (Å²) in [4.78, 5) is 4.99. The molecule has 2 heteroatoms. The zero-order chi connectivity index (χ0) is 15.1. The van der Waals surface area contributed by atoms with Crippen LogP contribution in [0.1, 0.15) is 42.4 Å². The predicted molar refractivity (Wildman–Crippen MR) is 90.7 cm³/mol. The molecule has 0 N–H and O–H groups in total. The summed E-state index contributed by atoms with van der Waals surface area (Å²) in [5.74, 6) is 9.08. The number of nitrogens with zero attached hydrogens (tertiary/aromatic N) is 1. The molecule has 2 nitrogen and oxygen atoms in total. The first-order valence-corrected chi connectivity index (χ1v) is 7.97. The van der Waals surface area contributed by atoms with E-state index in [1.54, 1.807) is 0 Å². The van der Waals surface area contributed by atoms with Crippen LogP contribution in [0.2, 0.25) is 0 Å². The van der Waals surface area contributed by atoms with Gasteiger partial charge in [-0.05, 0) is 31.9 Å². The Morgan fingerprint density at radius 2 is 2.36 bits per heavy atom. The summed E-state index contributed by atoms with van der Waals surface area (Å²) in [6.07, 6.45) is 13.3. The lowest BCUT2D eigenvalue weighted by atomic mass is 9.77. The van der Waals surface area contributed by atoms with E-state index in [-0.39, 0.29) is 0 Å². The summed E-state index contributed by atoms with van der Waals surface area (Å²) in [6.45, 7) is 5.92. The zero-order valence-electron chi connectivity index (χ0n) is 12.8. The second kappa shape index (κ2) is 5.18. The largest absolute Gasteiger partial charge is 0.455 e. The van der Waals surface area contributed by atoms with Gasteiger partial charge in [0.1, 0.15) is 5.76 Å². The van der Waals surface area contributed by atoms with Crippen LogP contribution in [0.25, 0.3) is 12.2 Å². The molecule has 0 saturated carbocycles. The lowest BCUT2D eigenvalue weighted by Crippen LogP contribution is -2.26. The Kier molecular flexibility index (Phi) is 3.15. The molecule has 0 bridgehead atoms. The summed E-state index contributed by atoms with van der Waals surface area (Å²) >= 11 is 0.